The van der Waals surface area contributed by atoms with E-state index in [0.717, 1.165) is 39.3 Å². The van der Waals surface area contributed by atoms with Crippen LogP contribution in [0.25, 0.3) is 0 Å². The summed E-state index contributed by atoms with van der Waals surface area (Å²) in [7, 11) is 0. The fourth-order valence-electron chi connectivity index (χ4n) is 5.29. The van der Waals surface area contributed by atoms with Crippen molar-refractivity contribution in [3.8, 4) is 0 Å². The molecule has 4 saturated heterocycles. The summed E-state index contributed by atoms with van der Waals surface area (Å²) in [4.78, 5) is 22.3. The molecule has 6 heteroatoms. The Hall–Kier alpha value is -1.95. The number of hydrogen-bond donors (Lipinski definition) is 1. The third-order valence-electron chi connectivity index (χ3n) is 6.39. The second-order valence-electron chi connectivity index (χ2n) is 8.07. The molecule has 0 spiro atoms. The van der Waals surface area contributed by atoms with E-state index >= 15 is 0 Å². The summed E-state index contributed by atoms with van der Waals surface area (Å²) in [5.74, 6) is 0.314. The Morgan fingerprint density at radius 2 is 1.78 bits per heavy atom. The van der Waals surface area contributed by atoms with Crippen LogP contribution >= 0.6 is 11.6 Å². The summed E-state index contributed by atoms with van der Waals surface area (Å²) in [6.07, 6.45) is 1.53. The topological polar surface area (TPSA) is 48.5 Å². The molecule has 4 aliphatic heterocycles. The van der Waals surface area contributed by atoms with E-state index in [4.69, 9.17) is 11.6 Å². The maximum atomic E-state index is 13.0. The van der Waals surface area contributed by atoms with Gasteiger partial charge in [0.05, 0.1) is 5.02 Å². The number of fused-ring (bicyclic) bond motifs is 1. The van der Waals surface area contributed by atoms with Gasteiger partial charge in [-0.05, 0) is 17.7 Å². The number of halogens is 1. The number of amides is 1. The zero-order valence-electron chi connectivity index (χ0n) is 15.1. The number of piperidine rings is 2. The lowest BCUT2D eigenvalue weighted by atomic mass is 9.64. The van der Waals surface area contributed by atoms with Crippen molar-refractivity contribution in [2.24, 2.45) is 5.92 Å². The van der Waals surface area contributed by atoms with Gasteiger partial charge in [-0.1, -0.05) is 41.9 Å². The lowest BCUT2D eigenvalue weighted by molar-refractivity contribution is 0.0179. The summed E-state index contributed by atoms with van der Waals surface area (Å²) in [6.45, 7) is 6.30. The minimum absolute atomic E-state index is 0.0823. The molecule has 1 aromatic heterocycles. The minimum Gasteiger partial charge on any atom is -0.347 e. The van der Waals surface area contributed by atoms with Gasteiger partial charge in [0.2, 0.25) is 0 Å². The Bertz CT molecular complexity index is 825. The van der Waals surface area contributed by atoms with E-state index in [9.17, 15) is 4.79 Å². The van der Waals surface area contributed by atoms with Gasteiger partial charge in [0.25, 0.3) is 5.91 Å². The molecule has 3 atom stereocenters. The second-order valence-corrected chi connectivity index (χ2v) is 8.50. The molecule has 27 heavy (non-hydrogen) atoms. The molecule has 140 valence electrons. The highest BCUT2D eigenvalue weighted by Gasteiger charge is 2.55. The average molecular weight is 383 g/mol. The number of rotatable bonds is 3. The highest BCUT2D eigenvalue weighted by Crippen LogP contribution is 2.43. The molecule has 6 rings (SSSR count). The first kappa shape index (κ1) is 17.2. The largest absolute Gasteiger partial charge is 0.347 e. The highest BCUT2D eigenvalue weighted by atomic mass is 35.5. The van der Waals surface area contributed by atoms with Gasteiger partial charge >= 0.3 is 0 Å². The molecule has 1 amide bonds. The molecule has 0 radical (unpaired) electrons. The monoisotopic (exact) mass is 382 g/mol. The molecule has 2 aromatic rings. The van der Waals surface area contributed by atoms with Crippen molar-refractivity contribution in [1.82, 2.24) is 20.1 Å². The van der Waals surface area contributed by atoms with Gasteiger partial charge in [0.1, 0.15) is 5.69 Å². The van der Waals surface area contributed by atoms with Crippen LogP contribution in [0.15, 0.2) is 48.7 Å². The zero-order valence-corrected chi connectivity index (χ0v) is 15.9. The molecule has 4 bridgehead atoms. The second kappa shape index (κ2) is 6.59. The number of carbonyl (C=O) groups is 1. The van der Waals surface area contributed by atoms with E-state index < -0.39 is 0 Å². The van der Waals surface area contributed by atoms with Gasteiger partial charge in [0, 0.05) is 62.8 Å². The number of pyridine rings is 1. The first-order valence-electron chi connectivity index (χ1n) is 9.57. The first-order valence-corrected chi connectivity index (χ1v) is 9.94. The van der Waals surface area contributed by atoms with Crippen molar-refractivity contribution in [2.75, 3.05) is 39.3 Å². The molecule has 5 nitrogen and oxygen atoms in total. The third-order valence-corrected chi connectivity index (χ3v) is 6.62. The van der Waals surface area contributed by atoms with Gasteiger partial charge in [-0.25, -0.2) is 4.98 Å². The van der Waals surface area contributed by atoms with Crippen LogP contribution in [0.5, 0.6) is 0 Å². The fourth-order valence-corrected chi connectivity index (χ4v) is 5.41. The Kier molecular flexibility index (Phi) is 4.19. The lowest BCUT2D eigenvalue weighted by Gasteiger charge is -2.55. The molecule has 4 fully saturated rings. The number of nitrogens with one attached hydrogen (secondary N) is 1. The predicted molar refractivity (Wildman–Crippen MR) is 105 cm³/mol. The van der Waals surface area contributed by atoms with Crippen molar-refractivity contribution in [3.05, 3.63) is 64.9 Å². The van der Waals surface area contributed by atoms with Gasteiger partial charge in [-0.15, -0.1) is 0 Å². The van der Waals surface area contributed by atoms with Gasteiger partial charge < -0.3 is 15.1 Å². The summed E-state index contributed by atoms with van der Waals surface area (Å²) in [5, 5.41) is 3.91. The van der Waals surface area contributed by atoms with Crippen LogP contribution < -0.4 is 5.32 Å². The SMILES string of the molecule is O=C(N[C@H]1C2CN3CCN(C2)CC1(c1ccccc1)C3)c1ccc(Cl)cn1. The lowest BCUT2D eigenvalue weighted by Crippen LogP contribution is -2.70. The number of hydrogen-bond acceptors (Lipinski definition) is 4. The van der Waals surface area contributed by atoms with Crippen LogP contribution in [-0.2, 0) is 5.41 Å². The smallest absolute Gasteiger partial charge is 0.270 e. The number of aromatic nitrogens is 1. The standard InChI is InChI=1S/C21H23ClN4O/c22-17-6-7-18(23-10-17)20(27)24-19-15-11-25-8-9-26(12-15)14-21(19,13-25)16-4-2-1-3-5-16/h1-7,10,15,19H,8-9,11-14H2,(H,24,27)/t15?,19-,21?/m0/s1. The number of benzene rings is 1. The Balaban J connectivity index is 1.51. The summed E-state index contributed by atoms with van der Waals surface area (Å²) < 4.78 is 0. The van der Waals surface area contributed by atoms with Crippen molar-refractivity contribution in [3.63, 3.8) is 0 Å². The van der Waals surface area contributed by atoms with E-state index in [1.54, 1.807) is 12.1 Å². The van der Waals surface area contributed by atoms with Crippen LogP contribution in [-0.4, -0.2) is 66.0 Å². The third kappa shape index (κ3) is 2.94. The Labute approximate surface area is 164 Å². The van der Waals surface area contributed by atoms with Gasteiger partial charge in [-0.3, -0.25) is 4.79 Å². The van der Waals surface area contributed by atoms with Crippen molar-refractivity contribution in [1.29, 1.82) is 0 Å². The first-order chi connectivity index (χ1) is 13.1. The summed E-state index contributed by atoms with van der Waals surface area (Å²) >= 11 is 5.92. The van der Waals surface area contributed by atoms with Crippen molar-refractivity contribution < 1.29 is 4.79 Å². The van der Waals surface area contributed by atoms with Crippen molar-refractivity contribution >= 4 is 17.5 Å². The molecule has 2 unspecified atom stereocenters. The Morgan fingerprint density at radius 1 is 1.07 bits per heavy atom. The number of carbonyl (C=O) groups excluding carboxylic acids is 1. The fraction of sp³-hybridized carbons (Fsp3) is 0.429. The average Bonchev–Trinajstić information content (AvgIpc) is 2.94. The molecular weight excluding hydrogens is 360 g/mol. The summed E-state index contributed by atoms with van der Waals surface area (Å²) in [6, 6.07) is 14.2. The van der Waals surface area contributed by atoms with Crippen LogP contribution in [0, 0.1) is 5.92 Å². The molecule has 1 N–H and O–H groups in total. The zero-order chi connectivity index (χ0) is 18.4. The normalized spacial score (nSPS) is 34.3. The maximum absolute atomic E-state index is 13.0. The molecule has 1 aromatic carbocycles. The Morgan fingerprint density at radius 3 is 2.41 bits per heavy atom. The molecule has 0 saturated carbocycles. The molecule has 0 aliphatic carbocycles. The quantitative estimate of drug-likeness (QED) is 0.882. The highest BCUT2D eigenvalue weighted by molar-refractivity contribution is 6.30. The molecule has 4 aliphatic rings. The number of nitrogens with zero attached hydrogens (tertiary/aromatic N) is 3. The van der Waals surface area contributed by atoms with Crippen LogP contribution in [0.1, 0.15) is 16.1 Å². The van der Waals surface area contributed by atoms with Crippen LogP contribution in [0.4, 0.5) is 0 Å². The minimum atomic E-state index is -0.108. The van der Waals surface area contributed by atoms with E-state index in [0.29, 0.717) is 16.6 Å². The predicted octanol–water partition coefficient (Wildman–Crippen LogP) is 2.03. The van der Waals surface area contributed by atoms with E-state index in [2.05, 4.69) is 50.4 Å². The van der Waals surface area contributed by atoms with E-state index in [1.165, 1.54) is 11.8 Å². The van der Waals surface area contributed by atoms with Crippen molar-refractivity contribution in [2.45, 2.75) is 11.5 Å². The molecule has 5 heterocycles. The van der Waals surface area contributed by atoms with E-state index in [-0.39, 0.29) is 17.4 Å². The maximum Gasteiger partial charge on any atom is 0.270 e. The van der Waals surface area contributed by atoms with Crippen LogP contribution in [0.3, 0.4) is 0 Å². The van der Waals surface area contributed by atoms with Crippen LogP contribution in [0.2, 0.25) is 5.02 Å². The molecular formula is C21H23ClN4O. The van der Waals surface area contributed by atoms with E-state index in [1.807, 2.05) is 0 Å². The summed E-state index contributed by atoms with van der Waals surface area (Å²) in [5.41, 5.74) is 1.66. The van der Waals surface area contributed by atoms with Gasteiger partial charge in [-0.2, -0.15) is 0 Å². The van der Waals surface area contributed by atoms with Gasteiger partial charge in [0.15, 0.2) is 0 Å².